The van der Waals surface area contributed by atoms with E-state index in [2.05, 4.69) is 10.3 Å². The second kappa shape index (κ2) is 3.96. The second-order valence-electron chi connectivity index (χ2n) is 3.12. The Morgan fingerprint density at radius 3 is 3.07 bits per heavy atom. The van der Waals surface area contributed by atoms with Gasteiger partial charge in [0.1, 0.15) is 0 Å². The van der Waals surface area contributed by atoms with Gasteiger partial charge >= 0.3 is 0 Å². The molecule has 0 fully saturated rings. The topological polar surface area (TPSA) is 38.1 Å². The molecule has 2 heterocycles. The number of nitrogens with zero attached hydrogens (tertiary/aromatic N) is 1. The highest BCUT2D eigenvalue weighted by atomic mass is 16.3. The van der Waals surface area contributed by atoms with Crippen molar-refractivity contribution in [2.45, 2.75) is 13.5 Å². The fourth-order valence-electron chi connectivity index (χ4n) is 1.26. The van der Waals surface area contributed by atoms with Crippen LogP contribution >= 0.6 is 0 Å². The number of hydrogen-bond acceptors (Lipinski definition) is 3. The van der Waals surface area contributed by atoms with Gasteiger partial charge in [-0.1, -0.05) is 0 Å². The van der Waals surface area contributed by atoms with Crippen molar-refractivity contribution in [2.24, 2.45) is 0 Å². The summed E-state index contributed by atoms with van der Waals surface area (Å²) in [4.78, 5) is 4.19. The van der Waals surface area contributed by atoms with E-state index in [9.17, 15) is 0 Å². The van der Waals surface area contributed by atoms with Crippen LogP contribution in [0, 0.1) is 6.92 Å². The molecule has 0 aliphatic heterocycles. The molecule has 0 spiro atoms. The molecule has 3 heteroatoms. The number of anilines is 1. The first-order chi connectivity index (χ1) is 6.86. The summed E-state index contributed by atoms with van der Waals surface area (Å²) in [5.41, 5.74) is 3.21. The number of hydrogen-bond donors (Lipinski definition) is 1. The van der Waals surface area contributed by atoms with Gasteiger partial charge in [0, 0.05) is 18.3 Å². The Bertz CT molecular complexity index is 395. The summed E-state index contributed by atoms with van der Waals surface area (Å²) >= 11 is 0. The number of aromatic nitrogens is 1. The SMILES string of the molecule is Cc1ncccc1NCc1ccoc1. The molecule has 2 rings (SSSR count). The zero-order chi connectivity index (χ0) is 9.80. The van der Waals surface area contributed by atoms with Crippen LogP contribution in [-0.2, 0) is 6.54 Å². The van der Waals surface area contributed by atoms with Crippen LogP contribution in [0.3, 0.4) is 0 Å². The van der Waals surface area contributed by atoms with Crippen molar-refractivity contribution < 1.29 is 4.42 Å². The lowest BCUT2D eigenvalue weighted by Crippen LogP contribution is -2.00. The highest BCUT2D eigenvalue weighted by Crippen LogP contribution is 2.12. The predicted molar refractivity (Wildman–Crippen MR) is 55.0 cm³/mol. The lowest BCUT2D eigenvalue weighted by molar-refractivity contribution is 0.564. The normalized spacial score (nSPS) is 10.1. The molecule has 0 atom stereocenters. The summed E-state index contributed by atoms with van der Waals surface area (Å²) in [7, 11) is 0. The Morgan fingerprint density at radius 2 is 2.36 bits per heavy atom. The van der Waals surface area contributed by atoms with E-state index in [0.717, 1.165) is 23.5 Å². The highest BCUT2D eigenvalue weighted by molar-refractivity contribution is 5.46. The lowest BCUT2D eigenvalue weighted by atomic mass is 10.3. The smallest absolute Gasteiger partial charge is 0.0952 e. The maximum atomic E-state index is 4.98. The maximum Gasteiger partial charge on any atom is 0.0952 e. The third-order valence-electron chi connectivity index (χ3n) is 2.07. The average molecular weight is 188 g/mol. The minimum absolute atomic E-state index is 0.767. The molecule has 0 unspecified atom stereocenters. The number of rotatable bonds is 3. The van der Waals surface area contributed by atoms with Gasteiger partial charge in [-0.05, 0) is 25.1 Å². The maximum absolute atomic E-state index is 4.98. The van der Waals surface area contributed by atoms with Crippen molar-refractivity contribution in [2.75, 3.05) is 5.32 Å². The molecule has 0 aromatic carbocycles. The first kappa shape index (κ1) is 8.81. The summed E-state index contributed by atoms with van der Waals surface area (Å²) < 4.78 is 4.98. The quantitative estimate of drug-likeness (QED) is 0.804. The molecular formula is C11H12N2O. The molecule has 0 amide bonds. The van der Waals surface area contributed by atoms with E-state index in [1.54, 1.807) is 18.7 Å². The van der Waals surface area contributed by atoms with E-state index in [0.29, 0.717) is 0 Å². The van der Waals surface area contributed by atoms with Crippen molar-refractivity contribution >= 4 is 5.69 Å². The van der Waals surface area contributed by atoms with E-state index < -0.39 is 0 Å². The Labute approximate surface area is 82.8 Å². The molecule has 0 aliphatic rings. The summed E-state index contributed by atoms with van der Waals surface area (Å²) in [6.07, 6.45) is 5.20. The molecular weight excluding hydrogens is 176 g/mol. The van der Waals surface area contributed by atoms with Crippen LogP contribution in [-0.4, -0.2) is 4.98 Å². The molecule has 14 heavy (non-hydrogen) atoms. The first-order valence-corrected chi connectivity index (χ1v) is 4.53. The number of pyridine rings is 1. The van der Waals surface area contributed by atoms with Crippen molar-refractivity contribution in [3.8, 4) is 0 Å². The largest absolute Gasteiger partial charge is 0.472 e. The number of nitrogens with one attached hydrogen (secondary N) is 1. The van der Waals surface area contributed by atoms with Crippen molar-refractivity contribution in [1.82, 2.24) is 4.98 Å². The third kappa shape index (κ3) is 1.93. The lowest BCUT2D eigenvalue weighted by Gasteiger charge is -2.06. The van der Waals surface area contributed by atoms with Crippen molar-refractivity contribution in [3.05, 3.63) is 48.2 Å². The van der Waals surface area contributed by atoms with Crippen LogP contribution in [0.25, 0.3) is 0 Å². The average Bonchev–Trinajstić information content (AvgIpc) is 2.69. The summed E-state index contributed by atoms with van der Waals surface area (Å²) in [5, 5.41) is 3.29. The summed E-state index contributed by atoms with van der Waals surface area (Å²) in [6.45, 7) is 2.75. The third-order valence-corrected chi connectivity index (χ3v) is 2.07. The molecule has 0 saturated heterocycles. The van der Waals surface area contributed by atoms with E-state index >= 15 is 0 Å². The van der Waals surface area contributed by atoms with Crippen LogP contribution in [0.15, 0.2) is 41.3 Å². The molecule has 2 aromatic heterocycles. The van der Waals surface area contributed by atoms with Crippen molar-refractivity contribution in [3.63, 3.8) is 0 Å². The molecule has 2 aromatic rings. The van der Waals surface area contributed by atoms with Crippen LogP contribution in [0.4, 0.5) is 5.69 Å². The van der Waals surface area contributed by atoms with Gasteiger partial charge in [-0.3, -0.25) is 4.98 Å². The monoisotopic (exact) mass is 188 g/mol. The second-order valence-corrected chi connectivity index (χ2v) is 3.12. The fraction of sp³-hybridized carbons (Fsp3) is 0.182. The van der Waals surface area contributed by atoms with Gasteiger partial charge in [0.25, 0.3) is 0 Å². The fourth-order valence-corrected chi connectivity index (χ4v) is 1.26. The molecule has 0 aliphatic carbocycles. The zero-order valence-electron chi connectivity index (χ0n) is 8.03. The van der Waals surface area contributed by atoms with E-state index in [4.69, 9.17) is 4.42 Å². The van der Waals surface area contributed by atoms with Gasteiger partial charge in [-0.15, -0.1) is 0 Å². The molecule has 72 valence electrons. The number of aryl methyl sites for hydroxylation is 1. The number of furan rings is 1. The van der Waals surface area contributed by atoms with Crippen LogP contribution in [0.2, 0.25) is 0 Å². The molecule has 0 radical (unpaired) electrons. The first-order valence-electron chi connectivity index (χ1n) is 4.53. The van der Waals surface area contributed by atoms with E-state index in [-0.39, 0.29) is 0 Å². The van der Waals surface area contributed by atoms with Gasteiger partial charge in [0.2, 0.25) is 0 Å². The van der Waals surface area contributed by atoms with Gasteiger partial charge < -0.3 is 9.73 Å². The van der Waals surface area contributed by atoms with Crippen LogP contribution < -0.4 is 5.32 Å². The Balaban J connectivity index is 2.02. The summed E-state index contributed by atoms with van der Waals surface area (Å²) in [6, 6.07) is 5.88. The van der Waals surface area contributed by atoms with Crippen molar-refractivity contribution in [1.29, 1.82) is 0 Å². The van der Waals surface area contributed by atoms with Gasteiger partial charge in [-0.25, -0.2) is 0 Å². The van der Waals surface area contributed by atoms with E-state index in [1.807, 2.05) is 25.1 Å². The molecule has 0 saturated carbocycles. The summed E-state index contributed by atoms with van der Waals surface area (Å²) in [5.74, 6) is 0. The highest BCUT2D eigenvalue weighted by Gasteiger charge is 1.97. The Morgan fingerprint density at radius 1 is 1.43 bits per heavy atom. The van der Waals surface area contributed by atoms with Gasteiger partial charge in [0.15, 0.2) is 0 Å². The van der Waals surface area contributed by atoms with Crippen LogP contribution in [0.5, 0.6) is 0 Å². The molecule has 3 nitrogen and oxygen atoms in total. The zero-order valence-corrected chi connectivity index (χ0v) is 8.03. The standard InChI is InChI=1S/C11H12N2O/c1-9-11(3-2-5-12-9)13-7-10-4-6-14-8-10/h2-6,8,13H,7H2,1H3. The van der Waals surface area contributed by atoms with Crippen LogP contribution in [0.1, 0.15) is 11.3 Å². The Hall–Kier alpha value is -1.77. The molecule has 1 N–H and O–H groups in total. The van der Waals surface area contributed by atoms with Gasteiger partial charge in [-0.2, -0.15) is 0 Å². The minimum atomic E-state index is 0.767. The van der Waals surface area contributed by atoms with Gasteiger partial charge in [0.05, 0.1) is 23.9 Å². The minimum Gasteiger partial charge on any atom is -0.472 e. The Kier molecular flexibility index (Phi) is 2.49. The molecule has 0 bridgehead atoms. The predicted octanol–water partition coefficient (Wildman–Crippen LogP) is 2.60. The van der Waals surface area contributed by atoms with E-state index in [1.165, 1.54) is 0 Å².